The molecule has 0 spiro atoms. The van der Waals surface area contributed by atoms with Gasteiger partial charge in [-0.05, 0) is 89.0 Å². The first-order valence-corrected chi connectivity index (χ1v) is 19.5. The van der Waals surface area contributed by atoms with Gasteiger partial charge in [0.25, 0.3) is 0 Å². The Bertz CT molecular complexity index is 646. The van der Waals surface area contributed by atoms with Crippen LogP contribution in [0.25, 0.3) is 0 Å². The van der Waals surface area contributed by atoms with Crippen LogP contribution in [0.4, 0.5) is 0 Å². The molecule has 3 atom stereocenters. The normalized spacial score (nSPS) is 14.1. The molecule has 0 aliphatic rings. The van der Waals surface area contributed by atoms with Gasteiger partial charge in [-0.3, -0.25) is 4.79 Å². The predicted octanol–water partition coefficient (Wildman–Crippen LogP) is 15.7. The zero-order chi connectivity index (χ0) is 33.3. The van der Waals surface area contributed by atoms with Crippen molar-refractivity contribution in [2.75, 3.05) is 0 Å². The number of carbonyl (C=O) groups is 1. The van der Waals surface area contributed by atoms with Gasteiger partial charge in [0.2, 0.25) is 0 Å². The summed E-state index contributed by atoms with van der Waals surface area (Å²) in [5.74, 6) is 3.08. The first-order chi connectivity index (χ1) is 20.6. The van der Waals surface area contributed by atoms with Crippen molar-refractivity contribution >= 4 is 5.78 Å². The van der Waals surface area contributed by atoms with Gasteiger partial charge in [0.1, 0.15) is 0 Å². The van der Waals surface area contributed by atoms with Crippen molar-refractivity contribution in [2.24, 2.45) is 17.8 Å². The SMILES string of the molecule is CCCC/C=C(\C)C(CC)CCCC.CCCCC/C(C)=C(/CCCC)C(C)=O.CCCCCC(C)C(CC)CCCC.[HH]. The van der Waals surface area contributed by atoms with E-state index in [1.54, 1.807) is 12.5 Å². The van der Waals surface area contributed by atoms with Gasteiger partial charge < -0.3 is 0 Å². The quantitative estimate of drug-likeness (QED) is 0.0574. The van der Waals surface area contributed by atoms with Crippen LogP contribution in [-0.4, -0.2) is 5.78 Å². The lowest BCUT2D eigenvalue weighted by molar-refractivity contribution is -0.113. The molecule has 0 radical (unpaired) electrons. The molecule has 0 heterocycles. The van der Waals surface area contributed by atoms with Crippen LogP contribution in [0, 0.1) is 17.8 Å². The standard InChI is InChI=1S/C14H26O.C14H30.C14H28.H2/c1-5-7-9-10-12(3)14(13(4)15)11-8-6-2;2*1-5-8-10-11-13(4)14(7-3)12-9-6-2;/h5-11H2,1-4H3;13-14H,5-12H2,1-4H3;11,14H,5-10,12H2,1-4H3;1H/b14-12-;;13-11+;. The summed E-state index contributed by atoms with van der Waals surface area (Å²) in [6, 6.07) is 0. The molecule has 0 aliphatic carbocycles. The highest BCUT2D eigenvalue weighted by molar-refractivity contribution is 5.93. The fourth-order valence-electron chi connectivity index (χ4n) is 6.05. The van der Waals surface area contributed by atoms with Crippen molar-refractivity contribution in [3.8, 4) is 0 Å². The lowest BCUT2D eigenvalue weighted by Gasteiger charge is -2.22. The molecule has 0 saturated carbocycles. The average molecular weight is 607 g/mol. The summed E-state index contributed by atoms with van der Waals surface area (Å²) in [6.45, 7) is 26.8. The van der Waals surface area contributed by atoms with Gasteiger partial charge in [-0.2, -0.15) is 0 Å². The van der Waals surface area contributed by atoms with Crippen molar-refractivity contribution in [3.05, 3.63) is 22.8 Å². The van der Waals surface area contributed by atoms with Gasteiger partial charge in [0.15, 0.2) is 5.78 Å². The first-order valence-electron chi connectivity index (χ1n) is 19.5. The van der Waals surface area contributed by atoms with Crippen molar-refractivity contribution in [1.29, 1.82) is 0 Å². The van der Waals surface area contributed by atoms with E-state index in [2.05, 4.69) is 82.2 Å². The Kier molecular flexibility index (Phi) is 38.6. The minimum absolute atomic E-state index is 0. The van der Waals surface area contributed by atoms with E-state index in [1.165, 1.54) is 128 Å². The Morgan fingerprint density at radius 3 is 1.60 bits per heavy atom. The molecular weight excluding hydrogens is 520 g/mol. The topological polar surface area (TPSA) is 17.1 Å². The fourth-order valence-corrected chi connectivity index (χ4v) is 6.05. The second kappa shape index (κ2) is 35.6. The van der Waals surface area contributed by atoms with Crippen LogP contribution in [0.5, 0.6) is 0 Å². The number of Topliss-reactive ketones (excluding diaryl/α,β-unsaturated/α-hetero) is 1. The largest absolute Gasteiger partial charge is 0.295 e. The van der Waals surface area contributed by atoms with Gasteiger partial charge >= 0.3 is 0 Å². The molecule has 3 unspecified atom stereocenters. The highest BCUT2D eigenvalue weighted by atomic mass is 16.1. The predicted molar refractivity (Wildman–Crippen MR) is 202 cm³/mol. The lowest BCUT2D eigenvalue weighted by Crippen LogP contribution is -2.10. The third kappa shape index (κ3) is 29.6. The molecule has 0 bridgehead atoms. The number of hydrogen-bond acceptors (Lipinski definition) is 1. The van der Waals surface area contributed by atoms with Crippen molar-refractivity contribution in [2.45, 2.75) is 224 Å². The Morgan fingerprint density at radius 1 is 0.581 bits per heavy atom. The summed E-state index contributed by atoms with van der Waals surface area (Å²) >= 11 is 0. The Labute approximate surface area is 276 Å². The summed E-state index contributed by atoms with van der Waals surface area (Å²) in [7, 11) is 0. The molecule has 0 fully saturated rings. The maximum atomic E-state index is 11.5. The number of allylic oxidation sites excluding steroid dienone is 4. The minimum Gasteiger partial charge on any atom is -0.295 e. The van der Waals surface area contributed by atoms with Crippen LogP contribution in [-0.2, 0) is 4.79 Å². The van der Waals surface area contributed by atoms with E-state index >= 15 is 0 Å². The van der Waals surface area contributed by atoms with Crippen molar-refractivity contribution < 1.29 is 6.22 Å². The third-order valence-electron chi connectivity index (χ3n) is 9.46. The smallest absolute Gasteiger partial charge is 0.155 e. The lowest BCUT2D eigenvalue weighted by atomic mass is 9.84. The molecule has 0 aromatic heterocycles. The van der Waals surface area contributed by atoms with Gasteiger partial charge in [0.05, 0.1) is 0 Å². The maximum Gasteiger partial charge on any atom is 0.155 e. The molecule has 0 rings (SSSR count). The number of unbranched alkanes of at least 4 members (excludes halogenated alkanes) is 9. The number of ketones is 1. The summed E-state index contributed by atoms with van der Waals surface area (Å²) in [5, 5.41) is 0. The van der Waals surface area contributed by atoms with Gasteiger partial charge in [-0.1, -0.05) is 176 Å². The van der Waals surface area contributed by atoms with Gasteiger partial charge in [0, 0.05) is 1.43 Å². The Balaban J connectivity index is -0.000000270. The van der Waals surface area contributed by atoms with E-state index in [1.807, 2.05) is 0 Å². The van der Waals surface area contributed by atoms with Crippen LogP contribution in [0.15, 0.2) is 22.8 Å². The van der Waals surface area contributed by atoms with E-state index < -0.39 is 0 Å². The summed E-state index contributed by atoms with van der Waals surface area (Å²) in [5.41, 5.74) is 4.05. The van der Waals surface area contributed by atoms with Crippen molar-refractivity contribution in [1.82, 2.24) is 0 Å². The van der Waals surface area contributed by atoms with E-state index in [4.69, 9.17) is 0 Å². The zero-order valence-electron chi connectivity index (χ0n) is 32.3. The molecule has 0 amide bonds. The molecule has 260 valence electrons. The third-order valence-corrected chi connectivity index (χ3v) is 9.46. The van der Waals surface area contributed by atoms with Gasteiger partial charge in [-0.15, -0.1) is 0 Å². The second-order valence-corrected chi connectivity index (χ2v) is 13.5. The average Bonchev–Trinajstić information content (AvgIpc) is 2.99. The van der Waals surface area contributed by atoms with E-state index in [9.17, 15) is 4.79 Å². The Hall–Kier alpha value is -0.850. The molecule has 1 nitrogen and oxygen atoms in total. The number of carbonyl (C=O) groups excluding carboxylic acids is 1. The summed E-state index contributed by atoms with van der Waals surface area (Å²) < 4.78 is 0. The highest BCUT2D eigenvalue weighted by Crippen LogP contribution is 2.26. The van der Waals surface area contributed by atoms with Crippen LogP contribution in [0.1, 0.15) is 226 Å². The van der Waals surface area contributed by atoms with Crippen LogP contribution >= 0.6 is 0 Å². The molecular formula is C42H86O. The van der Waals surface area contributed by atoms with E-state index in [0.29, 0.717) is 0 Å². The minimum atomic E-state index is 0. The molecule has 0 aliphatic heterocycles. The molecule has 0 aromatic carbocycles. The van der Waals surface area contributed by atoms with Crippen LogP contribution < -0.4 is 0 Å². The second-order valence-electron chi connectivity index (χ2n) is 13.5. The molecule has 1 heteroatoms. The fraction of sp³-hybridized carbons (Fsp3) is 0.881. The van der Waals surface area contributed by atoms with Crippen LogP contribution in [0.2, 0.25) is 0 Å². The Morgan fingerprint density at radius 2 is 1.12 bits per heavy atom. The van der Waals surface area contributed by atoms with Gasteiger partial charge in [-0.25, -0.2) is 0 Å². The molecule has 0 N–H and O–H groups in total. The summed E-state index contributed by atoms with van der Waals surface area (Å²) in [6.07, 6.45) is 31.3. The maximum absolute atomic E-state index is 11.5. The summed E-state index contributed by atoms with van der Waals surface area (Å²) in [4.78, 5) is 11.5. The molecule has 43 heavy (non-hydrogen) atoms. The number of hydrogen-bond donors (Lipinski definition) is 0. The van der Waals surface area contributed by atoms with Crippen molar-refractivity contribution in [3.63, 3.8) is 0 Å². The monoisotopic (exact) mass is 607 g/mol. The zero-order valence-corrected chi connectivity index (χ0v) is 32.3. The van der Waals surface area contributed by atoms with E-state index in [0.717, 1.165) is 42.6 Å². The highest BCUT2D eigenvalue weighted by Gasteiger charge is 2.14. The van der Waals surface area contributed by atoms with Crippen LogP contribution in [0.3, 0.4) is 0 Å². The first kappa shape index (κ1) is 46.6. The molecule has 0 saturated heterocycles. The van der Waals surface area contributed by atoms with E-state index in [-0.39, 0.29) is 7.21 Å². The molecule has 0 aromatic rings. The number of rotatable bonds is 25.